The molecule has 190 valence electrons. The van der Waals surface area contributed by atoms with E-state index in [-0.39, 0.29) is 18.4 Å². The first-order valence-corrected chi connectivity index (χ1v) is 13.8. The van der Waals surface area contributed by atoms with Gasteiger partial charge in [-0.2, -0.15) is 0 Å². The van der Waals surface area contributed by atoms with E-state index >= 15 is 0 Å². The maximum atomic E-state index is 13.0. The Bertz CT molecular complexity index is 836. The Labute approximate surface area is 209 Å². The lowest BCUT2D eigenvalue weighted by atomic mass is 10.0. The van der Waals surface area contributed by atoms with Gasteiger partial charge in [-0.05, 0) is 36.8 Å². The second kappa shape index (κ2) is 15.8. The van der Waals surface area contributed by atoms with Gasteiger partial charge in [0.05, 0.1) is 30.7 Å². The molecule has 34 heavy (non-hydrogen) atoms. The fraction of sp³-hybridized carbons (Fsp3) is 0.667. The summed E-state index contributed by atoms with van der Waals surface area (Å²) in [5.41, 5.74) is 1.72. The van der Waals surface area contributed by atoms with Crippen LogP contribution >= 0.6 is 11.8 Å². The van der Waals surface area contributed by atoms with Crippen LogP contribution in [0.5, 0.6) is 0 Å². The van der Waals surface area contributed by atoms with Crippen LogP contribution in [0.1, 0.15) is 85.5 Å². The van der Waals surface area contributed by atoms with Crippen LogP contribution in [0.25, 0.3) is 11.0 Å². The number of para-hydroxylation sites is 2. The molecule has 1 aromatic carbocycles. The van der Waals surface area contributed by atoms with E-state index in [1.54, 1.807) is 0 Å². The zero-order valence-corrected chi connectivity index (χ0v) is 22.1. The van der Waals surface area contributed by atoms with E-state index < -0.39 is 5.25 Å². The van der Waals surface area contributed by atoms with Crippen LogP contribution in [0.15, 0.2) is 29.4 Å². The number of esters is 2. The standard InChI is InChI=1S/C27H42N2O4S/c1-5-9-13-20(7-3)18-32-25(30)17-24(26(31)33-19-21(8-4)14-10-6-2)34-27-28-22-15-11-12-16-23(22)29-27/h11-12,15-16,20-21,24H,5-10,13-14,17-19H2,1-4H3,(H,28,29). The minimum Gasteiger partial charge on any atom is -0.465 e. The molecule has 0 aliphatic rings. The Morgan fingerprint density at radius 1 is 0.941 bits per heavy atom. The van der Waals surface area contributed by atoms with E-state index in [2.05, 4.69) is 37.7 Å². The van der Waals surface area contributed by atoms with Crippen LogP contribution in [0.3, 0.4) is 0 Å². The van der Waals surface area contributed by atoms with Crippen molar-refractivity contribution in [3.63, 3.8) is 0 Å². The highest BCUT2D eigenvalue weighted by Crippen LogP contribution is 2.27. The SMILES string of the molecule is CCCCC(CC)COC(=O)CC(Sc1nc2ccccc2[nH]1)C(=O)OCC(CC)CCCC. The number of carbonyl (C=O) groups excluding carboxylic acids is 2. The van der Waals surface area contributed by atoms with Crippen molar-refractivity contribution in [1.29, 1.82) is 0 Å². The Morgan fingerprint density at radius 3 is 2.15 bits per heavy atom. The number of hydrogen-bond acceptors (Lipinski definition) is 6. The van der Waals surface area contributed by atoms with Gasteiger partial charge in [-0.1, -0.05) is 90.1 Å². The number of nitrogens with one attached hydrogen (secondary N) is 1. The Morgan fingerprint density at radius 2 is 1.56 bits per heavy atom. The van der Waals surface area contributed by atoms with Gasteiger partial charge in [0.2, 0.25) is 0 Å². The fourth-order valence-corrected chi connectivity index (χ4v) is 4.78. The second-order valence-corrected chi connectivity index (χ2v) is 10.2. The molecule has 0 aliphatic heterocycles. The molecule has 1 N–H and O–H groups in total. The molecule has 0 radical (unpaired) electrons. The average molecular weight is 491 g/mol. The number of ether oxygens (including phenoxy) is 2. The summed E-state index contributed by atoms with van der Waals surface area (Å²) >= 11 is 1.24. The van der Waals surface area contributed by atoms with E-state index in [1.165, 1.54) is 11.8 Å². The topological polar surface area (TPSA) is 81.3 Å². The zero-order chi connectivity index (χ0) is 24.8. The number of fused-ring (bicyclic) bond motifs is 1. The molecule has 0 aliphatic carbocycles. The van der Waals surface area contributed by atoms with Gasteiger partial charge >= 0.3 is 11.9 Å². The molecule has 0 bridgehead atoms. The number of H-pyrrole nitrogens is 1. The van der Waals surface area contributed by atoms with Crippen molar-refractivity contribution in [3.05, 3.63) is 24.3 Å². The van der Waals surface area contributed by atoms with E-state index in [9.17, 15) is 9.59 Å². The third-order valence-corrected chi connectivity index (χ3v) is 7.32. The molecular formula is C27H42N2O4S. The number of rotatable bonds is 17. The third kappa shape index (κ3) is 9.69. The van der Waals surface area contributed by atoms with Crippen LogP contribution < -0.4 is 0 Å². The van der Waals surface area contributed by atoms with E-state index in [4.69, 9.17) is 9.47 Å². The highest BCUT2D eigenvalue weighted by Gasteiger charge is 2.28. The normalized spacial score (nSPS) is 14.0. The van der Waals surface area contributed by atoms with Gasteiger partial charge in [0, 0.05) is 0 Å². The van der Waals surface area contributed by atoms with Crippen molar-refractivity contribution in [3.8, 4) is 0 Å². The fourth-order valence-electron chi connectivity index (χ4n) is 3.80. The molecule has 1 aromatic heterocycles. The first-order valence-electron chi connectivity index (χ1n) is 12.9. The van der Waals surface area contributed by atoms with E-state index in [0.29, 0.717) is 30.2 Å². The highest BCUT2D eigenvalue weighted by atomic mass is 32.2. The molecule has 3 unspecified atom stereocenters. The quantitative estimate of drug-likeness (QED) is 0.191. The lowest BCUT2D eigenvalue weighted by Gasteiger charge is -2.19. The smallest absolute Gasteiger partial charge is 0.320 e. The van der Waals surface area contributed by atoms with Crippen molar-refractivity contribution >= 4 is 34.7 Å². The molecule has 0 fully saturated rings. The molecule has 0 spiro atoms. The maximum absolute atomic E-state index is 13.0. The molecule has 0 saturated carbocycles. The highest BCUT2D eigenvalue weighted by molar-refractivity contribution is 8.00. The summed E-state index contributed by atoms with van der Waals surface area (Å²) in [7, 11) is 0. The third-order valence-electron chi connectivity index (χ3n) is 6.26. The van der Waals surface area contributed by atoms with Gasteiger partial charge in [0.15, 0.2) is 5.16 Å². The van der Waals surface area contributed by atoms with Gasteiger partial charge in [0.1, 0.15) is 5.25 Å². The molecule has 2 rings (SSSR count). The summed E-state index contributed by atoms with van der Waals surface area (Å²) in [6, 6.07) is 7.71. The number of thioether (sulfide) groups is 1. The summed E-state index contributed by atoms with van der Waals surface area (Å²) in [5, 5.41) is -0.101. The monoisotopic (exact) mass is 490 g/mol. The number of benzene rings is 1. The summed E-state index contributed by atoms with van der Waals surface area (Å²) in [5.74, 6) is -0.0355. The molecule has 3 atom stereocenters. The summed E-state index contributed by atoms with van der Waals surface area (Å²) in [6.45, 7) is 9.35. The largest absolute Gasteiger partial charge is 0.465 e. The lowest BCUT2D eigenvalue weighted by Crippen LogP contribution is -2.27. The minimum atomic E-state index is -0.701. The van der Waals surface area contributed by atoms with Crippen molar-refractivity contribution in [1.82, 2.24) is 9.97 Å². The maximum Gasteiger partial charge on any atom is 0.320 e. The lowest BCUT2D eigenvalue weighted by molar-refractivity contribution is -0.151. The van der Waals surface area contributed by atoms with Crippen LogP contribution in [0.4, 0.5) is 0 Å². The Kier molecular flexibility index (Phi) is 13.1. The van der Waals surface area contributed by atoms with Gasteiger partial charge < -0.3 is 14.5 Å². The predicted molar refractivity (Wildman–Crippen MR) is 139 cm³/mol. The molecule has 7 heteroatoms. The minimum absolute atomic E-state index is 0.0312. The van der Waals surface area contributed by atoms with Gasteiger partial charge in [-0.3, -0.25) is 9.59 Å². The Balaban J connectivity index is 2.03. The molecule has 2 aromatic rings. The number of hydrogen-bond donors (Lipinski definition) is 1. The van der Waals surface area contributed by atoms with Gasteiger partial charge in [0.25, 0.3) is 0 Å². The first-order chi connectivity index (χ1) is 16.5. The Hall–Kier alpha value is -2.02. The second-order valence-electron chi connectivity index (χ2n) is 9.02. The summed E-state index contributed by atoms with van der Waals surface area (Å²) in [4.78, 5) is 33.5. The summed E-state index contributed by atoms with van der Waals surface area (Å²) < 4.78 is 11.3. The predicted octanol–water partition coefficient (Wildman–Crippen LogP) is 6.93. The van der Waals surface area contributed by atoms with Crippen LogP contribution in [0.2, 0.25) is 0 Å². The van der Waals surface area contributed by atoms with Crippen molar-refractivity contribution in [2.75, 3.05) is 13.2 Å². The van der Waals surface area contributed by atoms with Crippen LogP contribution in [-0.2, 0) is 19.1 Å². The van der Waals surface area contributed by atoms with Crippen molar-refractivity contribution in [2.24, 2.45) is 11.8 Å². The van der Waals surface area contributed by atoms with Crippen molar-refractivity contribution in [2.45, 2.75) is 95.9 Å². The van der Waals surface area contributed by atoms with Gasteiger partial charge in [-0.15, -0.1) is 0 Å². The molecule has 0 saturated heterocycles. The number of nitrogens with zero attached hydrogens (tertiary/aromatic N) is 1. The average Bonchev–Trinajstić information content (AvgIpc) is 3.26. The number of aromatic amines is 1. The van der Waals surface area contributed by atoms with Crippen LogP contribution in [-0.4, -0.2) is 40.4 Å². The molecule has 1 heterocycles. The van der Waals surface area contributed by atoms with Crippen LogP contribution in [0, 0.1) is 11.8 Å². The molecule has 6 nitrogen and oxygen atoms in total. The van der Waals surface area contributed by atoms with Crippen molar-refractivity contribution < 1.29 is 19.1 Å². The number of unbranched alkanes of at least 4 members (excludes halogenated alkanes) is 2. The molecule has 0 amide bonds. The summed E-state index contributed by atoms with van der Waals surface area (Å²) in [6.07, 6.45) is 8.50. The van der Waals surface area contributed by atoms with Gasteiger partial charge in [-0.25, -0.2) is 4.98 Å². The first kappa shape index (κ1) is 28.2. The zero-order valence-electron chi connectivity index (χ0n) is 21.3. The van der Waals surface area contributed by atoms with E-state index in [0.717, 1.165) is 62.4 Å². The number of imidazole rings is 1. The number of carbonyl (C=O) groups is 2. The van der Waals surface area contributed by atoms with E-state index in [1.807, 2.05) is 24.3 Å². The molecular weight excluding hydrogens is 448 g/mol. The number of aromatic nitrogens is 2.